The van der Waals surface area contributed by atoms with Crippen LogP contribution in [0.2, 0.25) is 0 Å². The summed E-state index contributed by atoms with van der Waals surface area (Å²) in [5.41, 5.74) is 1.40. The van der Waals surface area contributed by atoms with Crippen LogP contribution < -0.4 is 10.9 Å². The Hall–Kier alpha value is -2.38. The largest absolute Gasteiger partial charge is 0.459 e. The molecule has 32 heavy (non-hydrogen) atoms. The minimum Gasteiger partial charge on any atom is -0.459 e. The fourth-order valence-electron chi connectivity index (χ4n) is 6.85. The van der Waals surface area contributed by atoms with Crippen LogP contribution in [0.15, 0.2) is 45.8 Å². The quantitative estimate of drug-likeness (QED) is 0.776. The van der Waals surface area contributed by atoms with Crippen molar-refractivity contribution in [2.45, 2.75) is 37.8 Å². The average Bonchev–Trinajstić information content (AvgIpc) is 3.34. The third kappa shape index (κ3) is 3.71. The maximum atomic E-state index is 12.3. The lowest BCUT2D eigenvalue weighted by Crippen LogP contribution is -2.59. The van der Waals surface area contributed by atoms with Gasteiger partial charge in [0.05, 0.1) is 6.26 Å². The molecular formula is C25H32N4O3. The number of hydrogen-bond donors (Lipinski definition) is 1. The van der Waals surface area contributed by atoms with E-state index in [9.17, 15) is 9.59 Å². The number of piperidine rings is 4. The SMILES string of the molecule is O=C(NC[C@H]1C[C@@H]2CCN1C[C@@H]2CN1C[C@@H]2C[C@H](C1)c1cccc(=O)n1C2)c1ccco1. The van der Waals surface area contributed by atoms with Gasteiger partial charge in [0.2, 0.25) is 0 Å². The van der Waals surface area contributed by atoms with Crippen molar-refractivity contribution in [2.24, 2.45) is 17.8 Å². The van der Waals surface area contributed by atoms with Gasteiger partial charge in [-0.15, -0.1) is 0 Å². The Bertz CT molecular complexity index is 1030. The van der Waals surface area contributed by atoms with E-state index < -0.39 is 0 Å². The molecule has 170 valence electrons. The summed E-state index contributed by atoms with van der Waals surface area (Å²) in [7, 11) is 0. The van der Waals surface area contributed by atoms with Crippen LogP contribution >= 0.6 is 0 Å². The topological polar surface area (TPSA) is 70.7 Å². The monoisotopic (exact) mass is 436 g/mol. The molecule has 5 aliphatic heterocycles. The van der Waals surface area contributed by atoms with E-state index in [2.05, 4.69) is 21.2 Å². The van der Waals surface area contributed by atoms with Crippen LogP contribution in [0, 0.1) is 17.8 Å². The van der Waals surface area contributed by atoms with Crippen LogP contribution in [0.25, 0.3) is 0 Å². The van der Waals surface area contributed by atoms with Crippen molar-refractivity contribution in [3.63, 3.8) is 0 Å². The molecule has 7 heterocycles. The van der Waals surface area contributed by atoms with Crippen LogP contribution in [0.1, 0.15) is 41.4 Å². The molecule has 1 amide bonds. The molecule has 1 unspecified atom stereocenters. The molecule has 0 spiro atoms. The Balaban J connectivity index is 1.06. The van der Waals surface area contributed by atoms with Crippen molar-refractivity contribution >= 4 is 5.91 Å². The molecule has 4 bridgehead atoms. The molecule has 4 fully saturated rings. The minimum absolute atomic E-state index is 0.117. The molecule has 0 radical (unpaired) electrons. The van der Waals surface area contributed by atoms with E-state index >= 15 is 0 Å². The second kappa shape index (κ2) is 8.19. The van der Waals surface area contributed by atoms with Crippen LogP contribution in [0.5, 0.6) is 0 Å². The highest BCUT2D eigenvalue weighted by Gasteiger charge is 2.42. The van der Waals surface area contributed by atoms with Gasteiger partial charge in [-0.25, -0.2) is 0 Å². The summed E-state index contributed by atoms with van der Waals surface area (Å²) in [6.07, 6.45) is 5.20. The average molecular weight is 437 g/mol. The van der Waals surface area contributed by atoms with E-state index in [1.54, 1.807) is 18.2 Å². The summed E-state index contributed by atoms with van der Waals surface area (Å²) >= 11 is 0. The summed E-state index contributed by atoms with van der Waals surface area (Å²) in [5, 5.41) is 3.06. The van der Waals surface area contributed by atoms with Crippen molar-refractivity contribution in [1.29, 1.82) is 0 Å². The lowest BCUT2D eigenvalue weighted by molar-refractivity contribution is -0.0198. The minimum atomic E-state index is -0.117. The van der Waals surface area contributed by atoms with E-state index in [0.29, 0.717) is 36.1 Å². The smallest absolute Gasteiger partial charge is 0.287 e. The van der Waals surface area contributed by atoms with E-state index in [4.69, 9.17) is 4.42 Å². The predicted octanol–water partition coefficient (Wildman–Crippen LogP) is 2.00. The molecule has 7 rings (SSSR count). The van der Waals surface area contributed by atoms with Gasteiger partial charge in [0.15, 0.2) is 5.76 Å². The van der Waals surface area contributed by atoms with Gasteiger partial charge in [0, 0.05) is 63.0 Å². The molecule has 5 aliphatic rings. The Labute approximate surface area is 188 Å². The van der Waals surface area contributed by atoms with Gasteiger partial charge in [0.1, 0.15) is 0 Å². The molecule has 0 saturated carbocycles. The van der Waals surface area contributed by atoms with Gasteiger partial charge in [-0.1, -0.05) is 6.07 Å². The standard InChI is InChI=1S/C25H32N4O3/c30-24-5-1-3-22-19-9-17(13-29(22)24)12-27(14-19)15-20-16-28-7-6-18(20)10-21(28)11-26-25(31)23-4-2-8-32-23/h1-5,8,17-21H,6-7,9-16H2,(H,26,31)/t17-,18-,19+,20-,21+/m0/s1. The lowest BCUT2D eigenvalue weighted by atomic mass is 9.74. The maximum absolute atomic E-state index is 12.3. The van der Waals surface area contributed by atoms with Crippen LogP contribution in [0.4, 0.5) is 0 Å². The third-order valence-corrected chi connectivity index (χ3v) is 8.31. The first-order chi connectivity index (χ1) is 15.6. The predicted molar refractivity (Wildman–Crippen MR) is 121 cm³/mol. The van der Waals surface area contributed by atoms with Gasteiger partial charge in [-0.05, 0) is 61.8 Å². The number of nitrogens with one attached hydrogen (secondary N) is 1. The zero-order chi connectivity index (χ0) is 21.7. The first kappa shape index (κ1) is 20.2. The zero-order valence-corrected chi connectivity index (χ0v) is 18.5. The van der Waals surface area contributed by atoms with Gasteiger partial charge in [0.25, 0.3) is 11.5 Å². The first-order valence-electron chi connectivity index (χ1n) is 12.1. The Morgan fingerprint density at radius 3 is 2.84 bits per heavy atom. The fourth-order valence-corrected chi connectivity index (χ4v) is 6.85. The Morgan fingerprint density at radius 1 is 1.09 bits per heavy atom. The van der Waals surface area contributed by atoms with Crippen molar-refractivity contribution in [2.75, 3.05) is 39.3 Å². The zero-order valence-electron chi connectivity index (χ0n) is 18.5. The van der Waals surface area contributed by atoms with Crippen LogP contribution in [-0.2, 0) is 6.54 Å². The van der Waals surface area contributed by atoms with Gasteiger partial charge in [-0.3, -0.25) is 14.5 Å². The number of carbonyl (C=O) groups is 1. The highest BCUT2D eigenvalue weighted by molar-refractivity contribution is 5.91. The second-order valence-electron chi connectivity index (χ2n) is 10.3. The molecule has 7 nitrogen and oxygen atoms in total. The number of amides is 1. The summed E-state index contributed by atoms with van der Waals surface area (Å²) in [6.45, 7) is 7.20. The second-order valence-corrected chi connectivity index (χ2v) is 10.3. The molecule has 1 N–H and O–H groups in total. The molecular weight excluding hydrogens is 404 g/mol. The van der Waals surface area contributed by atoms with Crippen LogP contribution in [0.3, 0.4) is 0 Å². The Kier molecular flexibility index (Phi) is 5.18. The van der Waals surface area contributed by atoms with Crippen molar-refractivity contribution < 1.29 is 9.21 Å². The number of pyridine rings is 1. The molecule has 4 saturated heterocycles. The molecule has 2 aromatic heterocycles. The summed E-state index contributed by atoms with van der Waals surface area (Å²) < 4.78 is 7.23. The van der Waals surface area contributed by atoms with E-state index in [-0.39, 0.29) is 11.5 Å². The third-order valence-electron chi connectivity index (χ3n) is 8.31. The van der Waals surface area contributed by atoms with Gasteiger partial charge < -0.3 is 19.2 Å². The highest BCUT2D eigenvalue weighted by Crippen LogP contribution is 2.39. The number of carbonyl (C=O) groups excluding carboxylic acids is 1. The molecule has 6 atom stereocenters. The van der Waals surface area contributed by atoms with Gasteiger partial charge in [-0.2, -0.15) is 0 Å². The maximum Gasteiger partial charge on any atom is 0.287 e. The number of aromatic nitrogens is 1. The number of hydrogen-bond acceptors (Lipinski definition) is 5. The van der Waals surface area contributed by atoms with E-state index in [0.717, 1.165) is 45.2 Å². The van der Waals surface area contributed by atoms with Gasteiger partial charge >= 0.3 is 0 Å². The molecule has 7 heteroatoms. The number of nitrogens with zero attached hydrogens (tertiary/aromatic N) is 3. The number of furan rings is 1. The number of likely N-dealkylation sites (tertiary alicyclic amines) is 1. The summed E-state index contributed by atoms with van der Waals surface area (Å²) in [5.74, 6) is 2.79. The Morgan fingerprint density at radius 2 is 2.03 bits per heavy atom. The first-order valence-corrected chi connectivity index (χ1v) is 12.1. The summed E-state index contributed by atoms with van der Waals surface area (Å²) in [6, 6.07) is 9.66. The summed E-state index contributed by atoms with van der Waals surface area (Å²) in [4.78, 5) is 29.8. The van der Waals surface area contributed by atoms with E-state index in [1.165, 1.54) is 31.2 Å². The van der Waals surface area contributed by atoms with Crippen molar-refractivity contribution in [1.82, 2.24) is 19.7 Å². The molecule has 0 aromatic carbocycles. The van der Waals surface area contributed by atoms with Crippen molar-refractivity contribution in [3.05, 3.63) is 58.4 Å². The van der Waals surface area contributed by atoms with Crippen LogP contribution in [-0.4, -0.2) is 65.6 Å². The number of rotatable bonds is 5. The molecule has 0 aliphatic carbocycles. The number of fused-ring (bicyclic) bond motifs is 7. The highest BCUT2D eigenvalue weighted by atomic mass is 16.3. The lowest BCUT2D eigenvalue weighted by Gasteiger charge is -2.52. The van der Waals surface area contributed by atoms with E-state index in [1.807, 2.05) is 10.6 Å². The molecule has 2 aromatic rings. The fraction of sp³-hybridized carbons (Fsp3) is 0.600. The normalized spacial score (nSPS) is 33.6. The van der Waals surface area contributed by atoms with Crippen molar-refractivity contribution in [3.8, 4) is 0 Å².